The minimum Gasteiger partial charge on any atom is -0.481 e. The van der Waals surface area contributed by atoms with Gasteiger partial charge in [0.1, 0.15) is 5.75 Å². The maximum atomic E-state index is 12.7. The molecule has 144 valence electrons. The fourth-order valence-corrected chi connectivity index (χ4v) is 2.54. The van der Waals surface area contributed by atoms with Crippen LogP contribution in [0, 0.1) is 6.92 Å². The SMILES string of the molecule is CC[C@H](Oc1cccc(C)c1)C(=O)Nc1ccccc1C(=O)NCCOC. The van der Waals surface area contributed by atoms with E-state index in [2.05, 4.69) is 10.6 Å². The molecule has 0 aliphatic rings. The molecule has 2 amide bonds. The molecule has 0 aromatic heterocycles. The molecule has 0 radical (unpaired) electrons. The first-order valence-electron chi connectivity index (χ1n) is 8.95. The van der Waals surface area contributed by atoms with Crippen molar-refractivity contribution in [2.24, 2.45) is 0 Å². The Morgan fingerprint density at radius 1 is 1.11 bits per heavy atom. The monoisotopic (exact) mass is 370 g/mol. The van der Waals surface area contributed by atoms with E-state index in [4.69, 9.17) is 9.47 Å². The van der Waals surface area contributed by atoms with Crippen molar-refractivity contribution in [1.29, 1.82) is 0 Å². The number of ether oxygens (including phenoxy) is 2. The Balaban J connectivity index is 2.08. The molecule has 0 bridgehead atoms. The van der Waals surface area contributed by atoms with Crippen molar-refractivity contribution in [3.05, 3.63) is 59.7 Å². The molecule has 0 fully saturated rings. The Morgan fingerprint density at radius 2 is 1.89 bits per heavy atom. The molecular weight excluding hydrogens is 344 g/mol. The number of benzene rings is 2. The van der Waals surface area contributed by atoms with Crippen LogP contribution in [0.4, 0.5) is 5.69 Å². The fourth-order valence-electron chi connectivity index (χ4n) is 2.54. The number of hydrogen-bond acceptors (Lipinski definition) is 4. The number of anilines is 1. The van der Waals surface area contributed by atoms with Crippen LogP contribution in [0.2, 0.25) is 0 Å². The zero-order valence-electron chi connectivity index (χ0n) is 16.0. The summed E-state index contributed by atoms with van der Waals surface area (Å²) in [6.45, 7) is 4.66. The third kappa shape index (κ3) is 6.11. The molecule has 2 aromatic carbocycles. The highest BCUT2D eigenvalue weighted by atomic mass is 16.5. The lowest BCUT2D eigenvalue weighted by Gasteiger charge is -2.18. The lowest BCUT2D eigenvalue weighted by Crippen LogP contribution is -2.34. The van der Waals surface area contributed by atoms with Crippen LogP contribution in [0.5, 0.6) is 5.75 Å². The summed E-state index contributed by atoms with van der Waals surface area (Å²) in [6.07, 6.45) is -0.154. The second kappa shape index (κ2) is 10.3. The van der Waals surface area contributed by atoms with Gasteiger partial charge in [0.15, 0.2) is 6.10 Å². The van der Waals surface area contributed by atoms with Gasteiger partial charge in [0.25, 0.3) is 11.8 Å². The molecule has 0 aliphatic heterocycles. The summed E-state index contributed by atoms with van der Waals surface area (Å²) >= 11 is 0. The number of nitrogens with one attached hydrogen (secondary N) is 2. The zero-order chi connectivity index (χ0) is 19.6. The van der Waals surface area contributed by atoms with E-state index in [1.54, 1.807) is 31.4 Å². The van der Waals surface area contributed by atoms with E-state index < -0.39 is 6.10 Å². The molecule has 0 aliphatic carbocycles. The number of rotatable bonds is 9. The molecule has 1 atom stereocenters. The molecule has 6 nitrogen and oxygen atoms in total. The molecule has 2 rings (SSSR count). The van der Waals surface area contributed by atoms with E-state index in [0.717, 1.165) is 5.56 Å². The lowest BCUT2D eigenvalue weighted by atomic mass is 10.1. The third-order valence-corrected chi connectivity index (χ3v) is 3.95. The third-order valence-electron chi connectivity index (χ3n) is 3.95. The van der Waals surface area contributed by atoms with Crippen molar-refractivity contribution >= 4 is 17.5 Å². The van der Waals surface area contributed by atoms with E-state index in [1.807, 2.05) is 38.1 Å². The molecule has 0 saturated carbocycles. The Morgan fingerprint density at radius 3 is 2.59 bits per heavy atom. The molecule has 6 heteroatoms. The second-order valence-electron chi connectivity index (χ2n) is 6.11. The summed E-state index contributed by atoms with van der Waals surface area (Å²) in [4.78, 5) is 25.0. The van der Waals surface area contributed by atoms with Crippen molar-refractivity contribution in [2.75, 3.05) is 25.6 Å². The smallest absolute Gasteiger partial charge is 0.265 e. The van der Waals surface area contributed by atoms with Gasteiger partial charge in [-0.2, -0.15) is 0 Å². The molecule has 0 saturated heterocycles. The summed E-state index contributed by atoms with van der Waals surface area (Å²) in [5.41, 5.74) is 1.90. The summed E-state index contributed by atoms with van der Waals surface area (Å²) < 4.78 is 10.8. The minimum absolute atomic E-state index is 0.268. The van der Waals surface area contributed by atoms with Gasteiger partial charge in [-0.25, -0.2) is 0 Å². The number of amides is 2. The second-order valence-corrected chi connectivity index (χ2v) is 6.11. The number of aryl methyl sites for hydroxylation is 1. The largest absolute Gasteiger partial charge is 0.481 e. The van der Waals surface area contributed by atoms with Gasteiger partial charge in [-0.1, -0.05) is 31.2 Å². The standard InChI is InChI=1S/C21H26N2O4/c1-4-19(27-16-9-7-8-15(2)14-16)21(25)23-18-11-6-5-10-17(18)20(24)22-12-13-26-3/h5-11,14,19H,4,12-13H2,1-3H3,(H,22,24)(H,23,25)/t19-/m0/s1. The van der Waals surface area contributed by atoms with Crippen molar-refractivity contribution in [3.63, 3.8) is 0 Å². The van der Waals surface area contributed by atoms with Gasteiger partial charge in [-0.05, 0) is 43.2 Å². The molecular formula is C21H26N2O4. The maximum absolute atomic E-state index is 12.7. The van der Waals surface area contributed by atoms with Crippen LogP contribution >= 0.6 is 0 Å². The van der Waals surface area contributed by atoms with E-state index in [1.165, 1.54) is 0 Å². The van der Waals surface area contributed by atoms with Gasteiger partial charge in [-0.15, -0.1) is 0 Å². The van der Waals surface area contributed by atoms with Crippen LogP contribution < -0.4 is 15.4 Å². The average molecular weight is 370 g/mol. The van der Waals surface area contributed by atoms with Gasteiger partial charge >= 0.3 is 0 Å². The van der Waals surface area contributed by atoms with Crippen molar-refractivity contribution in [3.8, 4) is 5.75 Å². The van der Waals surface area contributed by atoms with Crippen LogP contribution in [-0.2, 0) is 9.53 Å². The van der Waals surface area contributed by atoms with Crippen LogP contribution in [0.15, 0.2) is 48.5 Å². The number of para-hydroxylation sites is 1. The number of carbonyl (C=O) groups is 2. The predicted molar refractivity (Wildman–Crippen MR) is 105 cm³/mol. The average Bonchev–Trinajstić information content (AvgIpc) is 2.66. The highest BCUT2D eigenvalue weighted by molar-refractivity contribution is 6.04. The fraction of sp³-hybridized carbons (Fsp3) is 0.333. The topological polar surface area (TPSA) is 76.7 Å². The Labute approximate surface area is 159 Å². The van der Waals surface area contributed by atoms with E-state index in [0.29, 0.717) is 36.6 Å². The first-order valence-corrected chi connectivity index (χ1v) is 8.95. The number of carbonyl (C=O) groups excluding carboxylic acids is 2. The van der Waals surface area contributed by atoms with Crippen LogP contribution in [0.3, 0.4) is 0 Å². The zero-order valence-corrected chi connectivity index (χ0v) is 16.0. The maximum Gasteiger partial charge on any atom is 0.265 e. The first-order chi connectivity index (χ1) is 13.0. The minimum atomic E-state index is -0.656. The van der Waals surface area contributed by atoms with Gasteiger partial charge in [0, 0.05) is 13.7 Å². The van der Waals surface area contributed by atoms with E-state index >= 15 is 0 Å². The van der Waals surface area contributed by atoms with Crippen molar-refractivity contribution in [1.82, 2.24) is 5.32 Å². The molecule has 0 spiro atoms. The summed E-state index contributed by atoms with van der Waals surface area (Å²) in [5.74, 6) is 0.0781. The summed E-state index contributed by atoms with van der Waals surface area (Å²) in [7, 11) is 1.57. The van der Waals surface area contributed by atoms with E-state index in [9.17, 15) is 9.59 Å². The van der Waals surface area contributed by atoms with Crippen molar-refractivity contribution in [2.45, 2.75) is 26.4 Å². The van der Waals surface area contributed by atoms with Gasteiger partial charge in [0.2, 0.25) is 0 Å². The normalized spacial score (nSPS) is 11.5. The molecule has 0 heterocycles. The Hall–Kier alpha value is -2.86. The molecule has 2 N–H and O–H groups in total. The van der Waals surface area contributed by atoms with E-state index in [-0.39, 0.29) is 11.8 Å². The lowest BCUT2D eigenvalue weighted by molar-refractivity contribution is -0.122. The quantitative estimate of drug-likeness (QED) is 0.665. The van der Waals surface area contributed by atoms with Gasteiger partial charge in [-0.3, -0.25) is 9.59 Å². The number of hydrogen-bond donors (Lipinski definition) is 2. The summed E-state index contributed by atoms with van der Waals surface area (Å²) in [6, 6.07) is 14.4. The highest BCUT2D eigenvalue weighted by Crippen LogP contribution is 2.19. The molecule has 0 unspecified atom stereocenters. The Kier molecular flexibility index (Phi) is 7.82. The summed E-state index contributed by atoms with van der Waals surface area (Å²) in [5, 5.41) is 5.57. The highest BCUT2D eigenvalue weighted by Gasteiger charge is 2.21. The van der Waals surface area contributed by atoms with Gasteiger partial charge in [0.05, 0.1) is 17.9 Å². The molecule has 27 heavy (non-hydrogen) atoms. The molecule has 2 aromatic rings. The van der Waals surface area contributed by atoms with Crippen LogP contribution in [0.1, 0.15) is 29.3 Å². The Bertz CT molecular complexity index is 776. The number of methoxy groups -OCH3 is 1. The van der Waals surface area contributed by atoms with Crippen LogP contribution in [0.25, 0.3) is 0 Å². The van der Waals surface area contributed by atoms with Crippen molar-refractivity contribution < 1.29 is 19.1 Å². The first kappa shape index (κ1) is 20.5. The van der Waals surface area contributed by atoms with Crippen LogP contribution in [-0.4, -0.2) is 38.2 Å². The predicted octanol–water partition coefficient (Wildman–Crippen LogP) is 3.17. The van der Waals surface area contributed by atoms with Gasteiger partial charge < -0.3 is 20.1 Å².